The maximum atomic E-state index is 10.8. The maximum Gasteiger partial charge on any atom is 0.115 e. The number of aliphatic imine (C=N–C) groups is 1. The van der Waals surface area contributed by atoms with Crippen molar-refractivity contribution < 1.29 is 5.11 Å². The predicted octanol–water partition coefficient (Wildman–Crippen LogP) is -0.477. The summed E-state index contributed by atoms with van der Waals surface area (Å²) in [5.74, 6) is 0. The zero-order chi connectivity index (χ0) is 12.3. The molecule has 0 aromatic heterocycles. The molecule has 3 heterocycles. The van der Waals surface area contributed by atoms with Crippen LogP contribution in [0, 0.1) is 0 Å². The van der Waals surface area contributed by atoms with Crippen LogP contribution < -0.4 is 10.6 Å². The van der Waals surface area contributed by atoms with Crippen LogP contribution in [-0.4, -0.2) is 58.8 Å². The minimum atomic E-state index is -0.745. The predicted molar refractivity (Wildman–Crippen MR) is 67.1 cm³/mol. The minimum Gasteiger partial charge on any atom is -0.387 e. The molecule has 3 atom stereocenters. The average Bonchev–Trinajstić information content (AvgIpc) is 2.71. The fourth-order valence-corrected chi connectivity index (χ4v) is 3.78. The number of nitrogens with one attached hydrogen (secondary N) is 2. The van der Waals surface area contributed by atoms with E-state index in [0.717, 1.165) is 31.9 Å². The Hall–Kier alpha value is -0.490. The van der Waals surface area contributed by atoms with Gasteiger partial charge in [-0.15, -0.1) is 0 Å². The fraction of sp³-hybridized carbons (Fsp3) is 0.917. The van der Waals surface area contributed by atoms with Crippen LogP contribution in [0.1, 0.15) is 27.2 Å². The Labute approximate surface area is 102 Å². The third kappa shape index (κ3) is 1.25. The number of hydrogen-bond acceptors (Lipinski definition) is 5. The molecule has 0 aromatic carbocycles. The van der Waals surface area contributed by atoms with E-state index >= 15 is 0 Å². The molecule has 17 heavy (non-hydrogen) atoms. The van der Waals surface area contributed by atoms with Crippen molar-refractivity contribution in [3.63, 3.8) is 0 Å². The lowest BCUT2D eigenvalue weighted by atomic mass is 9.88. The van der Waals surface area contributed by atoms with Crippen LogP contribution in [0.2, 0.25) is 0 Å². The van der Waals surface area contributed by atoms with Crippen LogP contribution >= 0.6 is 0 Å². The van der Waals surface area contributed by atoms with E-state index in [9.17, 15) is 5.11 Å². The average molecular weight is 238 g/mol. The van der Waals surface area contributed by atoms with E-state index in [2.05, 4.69) is 34.4 Å². The summed E-state index contributed by atoms with van der Waals surface area (Å²) in [4.78, 5) is 6.95. The van der Waals surface area contributed by atoms with Crippen molar-refractivity contribution in [3.05, 3.63) is 0 Å². The number of rotatable bonds is 0. The molecular weight excluding hydrogens is 216 g/mol. The fourth-order valence-electron chi connectivity index (χ4n) is 3.78. The third-order valence-corrected chi connectivity index (χ3v) is 4.93. The number of fused-ring (bicyclic) bond motifs is 2. The van der Waals surface area contributed by atoms with Crippen molar-refractivity contribution in [2.24, 2.45) is 4.99 Å². The summed E-state index contributed by atoms with van der Waals surface area (Å²) in [6.07, 6.45) is 0.693. The molecule has 0 amide bonds. The highest BCUT2D eigenvalue weighted by atomic mass is 16.3. The van der Waals surface area contributed by atoms with Gasteiger partial charge in [0.2, 0.25) is 0 Å². The summed E-state index contributed by atoms with van der Waals surface area (Å²) in [6.45, 7) is 9.70. The van der Waals surface area contributed by atoms with E-state index in [1.807, 2.05) is 6.92 Å². The van der Waals surface area contributed by atoms with Crippen LogP contribution in [0.5, 0.6) is 0 Å². The SMILES string of the molecule is CC1=NCCN[C@]12C[C@@](C)(O)[C@@]1(C)NCCN12. The lowest BCUT2D eigenvalue weighted by Crippen LogP contribution is -2.66. The quantitative estimate of drug-likeness (QED) is 0.534. The molecule has 5 heteroatoms. The van der Waals surface area contributed by atoms with Crippen LogP contribution in [-0.2, 0) is 0 Å². The summed E-state index contributed by atoms with van der Waals surface area (Å²) >= 11 is 0. The first kappa shape index (κ1) is 11.6. The summed E-state index contributed by atoms with van der Waals surface area (Å²) in [5.41, 5.74) is -0.241. The number of nitrogens with zero attached hydrogens (tertiary/aromatic N) is 2. The zero-order valence-electron chi connectivity index (χ0n) is 10.9. The molecule has 3 aliphatic heterocycles. The molecule has 3 N–H and O–H groups in total. The van der Waals surface area contributed by atoms with Gasteiger partial charge in [0.1, 0.15) is 5.66 Å². The van der Waals surface area contributed by atoms with Gasteiger partial charge in [0, 0.05) is 31.8 Å². The van der Waals surface area contributed by atoms with E-state index < -0.39 is 5.60 Å². The van der Waals surface area contributed by atoms with Crippen molar-refractivity contribution in [2.45, 2.75) is 44.1 Å². The smallest absolute Gasteiger partial charge is 0.115 e. The molecular formula is C12H22N4O. The van der Waals surface area contributed by atoms with Crippen molar-refractivity contribution in [1.29, 1.82) is 0 Å². The van der Waals surface area contributed by atoms with Gasteiger partial charge in [-0.2, -0.15) is 0 Å². The second-order valence-electron chi connectivity index (χ2n) is 5.86. The normalized spacial score (nSPS) is 50.7. The Balaban J connectivity index is 2.09. The molecule has 1 spiro atoms. The van der Waals surface area contributed by atoms with Gasteiger partial charge in [0.05, 0.1) is 17.8 Å². The molecule has 0 unspecified atom stereocenters. The van der Waals surface area contributed by atoms with Crippen molar-refractivity contribution >= 4 is 5.71 Å². The Bertz CT molecular complexity index is 381. The second kappa shape index (κ2) is 3.29. The van der Waals surface area contributed by atoms with E-state index in [0.29, 0.717) is 6.42 Å². The van der Waals surface area contributed by atoms with Gasteiger partial charge in [-0.05, 0) is 20.8 Å². The lowest BCUT2D eigenvalue weighted by Gasteiger charge is -2.43. The maximum absolute atomic E-state index is 10.8. The molecule has 0 saturated carbocycles. The Morgan fingerprint density at radius 1 is 1.29 bits per heavy atom. The molecule has 2 fully saturated rings. The van der Waals surface area contributed by atoms with Crippen LogP contribution in [0.3, 0.4) is 0 Å². The molecule has 3 aliphatic rings. The molecule has 0 aromatic rings. The van der Waals surface area contributed by atoms with E-state index in [-0.39, 0.29) is 11.3 Å². The third-order valence-electron chi connectivity index (χ3n) is 4.93. The van der Waals surface area contributed by atoms with Crippen LogP contribution in [0.25, 0.3) is 0 Å². The van der Waals surface area contributed by atoms with Gasteiger partial charge in [0.15, 0.2) is 0 Å². The summed E-state index contributed by atoms with van der Waals surface area (Å²) in [7, 11) is 0. The van der Waals surface area contributed by atoms with E-state index in [1.54, 1.807) is 0 Å². The topological polar surface area (TPSA) is 59.9 Å². The standard InChI is InChI=1S/C12H22N4O/c1-9-12(15-5-4-13-9)8-10(2,17)11(3)14-6-7-16(11)12/h14-15,17H,4-8H2,1-3H3/t10-,11+,12+/m1/s1. The Kier molecular flexibility index (Phi) is 2.24. The highest BCUT2D eigenvalue weighted by molar-refractivity contribution is 5.92. The van der Waals surface area contributed by atoms with Gasteiger partial charge in [-0.25, -0.2) is 0 Å². The largest absolute Gasteiger partial charge is 0.387 e. The Morgan fingerprint density at radius 2 is 2.06 bits per heavy atom. The highest BCUT2D eigenvalue weighted by Crippen LogP contribution is 2.47. The molecule has 0 radical (unpaired) electrons. The van der Waals surface area contributed by atoms with Crippen molar-refractivity contribution in [2.75, 3.05) is 26.2 Å². The van der Waals surface area contributed by atoms with Crippen molar-refractivity contribution in [1.82, 2.24) is 15.5 Å². The van der Waals surface area contributed by atoms with Crippen molar-refractivity contribution in [3.8, 4) is 0 Å². The summed E-state index contributed by atoms with van der Waals surface area (Å²) in [5, 5.41) is 17.8. The highest BCUT2D eigenvalue weighted by Gasteiger charge is 2.66. The van der Waals surface area contributed by atoms with Gasteiger partial charge in [0.25, 0.3) is 0 Å². The number of aliphatic hydroxyl groups is 1. The molecule has 3 rings (SSSR count). The first-order valence-electron chi connectivity index (χ1n) is 6.44. The summed E-state index contributed by atoms with van der Waals surface area (Å²) < 4.78 is 0. The molecule has 0 bridgehead atoms. The minimum absolute atomic E-state index is 0.250. The van der Waals surface area contributed by atoms with Crippen LogP contribution in [0.15, 0.2) is 4.99 Å². The number of hydrogen-bond donors (Lipinski definition) is 3. The van der Waals surface area contributed by atoms with Crippen LogP contribution in [0.4, 0.5) is 0 Å². The molecule has 96 valence electrons. The Morgan fingerprint density at radius 3 is 2.76 bits per heavy atom. The van der Waals surface area contributed by atoms with Gasteiger partial charge in [-0.1, -0.05) is 0 Å². The molecule has 0 aliphatic carbocycles. The van der Waals surface area contributed by atoms with E-state index in [1.165, 1.54) is 0 Å². The van der Waals surface area contributed by atoms with Gasteiger partial charge in [-0.3, -0.25) is 20.5 Å². The van der Waals surface area contributed by atoms with Gasteiger partial charge >= 0.3 is 0 Å². The summed E-state index contributed by atoms with van der Waals surface area (Å²) in [6, 6.07) is 0. The monoisotopic (exact) mass is 238 g/mol. The molecule has 5 nitrogen and oxygen atoms in total. The first-order valence-corrected chi connectivity index (χ1v) is 6.44. The second-order valence-corrected chi connectivity index (χ2v) is 5.86. The zero-order valence-corrected chi connectivity index (χ0v) is 10.9. The van der Waals surface area contributed by atoms with E-state index in [4.69, 9.17) is 0 Å². The molecule has 2 saturated heterocycles. The van der Waals surface area contributed by atoms with Gasteiger partial charge < -0.3 is 5.11 Å². The lowest BCUT2D eigenvalue weighted by molar-refractivity contribution is -0.0388. The first-order chi connectivity index (χ1) is 7.92.